The van der Waals surface area contributed by atoms with Crippen molar-refractivity contribution in [1.29, 1.82) is 0 Å². The molecule has 17 heteroatoms. The lowest BCUT2D eigenvalue weighted by atomic mass is 10.0. The average Bonchev–Trinajstić information content (AvgIpc) is 3.26. The zero-order valence-corrected chi connectivity index (χ0v) is 21.2. The summed E-state index contributed by atoms with van der Waals surface area (Å²) < 4.78 is 94.3. The monoisotopic (exact) mass is 580 g/mol. The number of likely N-dealkylation sites (tertiary alicyclic amines) is 1. The van der Waals surface area contributed by atoms with Crippen LogP contribution in [0.1, 0.15) is 30.4 Å². The van der Waals surface area contributed by atoms with Crippen LogP contribution in [0.15, 0.2) is 23.4 Å². The van der Waals surface area contributed by atoms with Gasteiger partial charge in [0.05, 0.1) is 25.0 Å². The van der Waals surface area contributed by atoms with E-state index in [0.717, 1.165) is 18.6 Å². The van der Waals surface area contributed by atoms with Crippen LogP contribution in [0.2, 0.25) is 0 Å². The third-order valence-electron chi connectivity index (χ3n) is 6.58. The van der Waals surface area contributed by atoms with Gasteiger partial charge in [-0.2, -0.15) is 31.4 Å². The summed E-state index contributed by atoms with van der Waals surface area (Å²) in [5, 5.41) is 5.08. The van der Waals surface area contributed by atoms with Crippen molar-refractivity contribution >= 4 is 11.9 Å². The Labute approximate surface area is 223 Å². The maximum Gasteiger partial charge on any atom is 0.425 e. The molecule has 1 N–H and O–H groups in total. The van der Waals surface area contributed by atoms with Gasteiger partial charge in [0.25, 0.3) is 11.5 Å². The number of nitrogens with zero attached hydrogens (tertiary/aromatic N) is 5. The number of H-pyrrole nitrogens is 1. The molecule has 2 atom stereocenters. The number of amides is 1. The van der Waals surface area contributed by atoms with Gasteiger partial charge in [-0.15, -0.1) is 0 Å². The molecule has 0 saturated carbocycles. The van der Waals surface area contributed by atoms with E-state index in [1.165, 1.54) is 7.11 Å². The second kappa shape index (κ2) is 12.0. The first-order valence-electron chi connectivity index (χ1n) is 12.2. The number of carbonyl (C=O) groups excluding carboxylic acids is 1. The second-order valence-electron chi connectivity index (χ2n) is 9.26. The van der Waals surface area contributed by atoms with Gasteiger partial charge in [-0.1, -0.05) is 0 Å². The topological polar surface area (TPSA) is 123 Å². The number of halogens is 6. The third kappa shape index (κ3) is 6.80. The number of carbonyl (C=O) groups is 1. The molecule has 0 aromatic carbocycles. The SMILES string of the molecule is COCC(COC1CCN(C2CCN(c3ncc(C(F)(F)F)cn3)CC2)C1=O)Oc1cn[nH]c(=O)c1C(F)(F)F. The largest absolute Gasteiger partial charge is 0.483 e. The van der Waals surface area contributed by atoms with Crippen LogP contribution in [0, 0.1) is 0 Å². The number of anilines is 1. The first-order chi connectivity index (χ1) is 18.9. The fourth-order valence-electron chi connectivity index (χ4n) is 4.65. The fraction of sp³-hybridized carbons (Fsp3) is 0.609. The van der Waals surface area contributed by atoms with Crippen molar-refractivity contribution < 1.29 is 45.3 Å². The van der Waals surface area contributed by atoms with Gasteiger partial charge in [0, 0.05) is 51.6 Å². The Morgan fingerprint density at radius 3 is 2.25 bits per heavy atom. The van der Waals surface area contributed by atoms with E-state index in [4.69, 9.17) is 14.2 Å². The molecular formula is C23H26F6N6O5. The summed E-state index contributed by atoms with van der Waals surface area (Å²) in [6, 6.07) is -0.130. The molecule has 2 aromatic rings. The van der Waals surface area contributed by atoms with Crippen LogP contribution in [-0.2, 0) is 26.6 Å². The lowest BCUT2D eigenvalue weighted by Gasteiger charge is -2.36. The van der Waals surface area contributed by atoms with Crippen LogP contribution >= 0.6 is 0 Å². The molecule has 0 radical (unpaired) electrons. The Bertz CT molecular complexity index is 1220. The molecule has 4 heterocycles. The molecular weight excluding hydrogens is 554 g/mol. The van der Waals surface area contributed by atoms with Gasteiger partial charge in [-0.05, 0) is 12.8 Å². The van der Waals surface area contributed by atoms with Crippen LogP contribution in [0.25, 0.3) is 0 Å². The van der Waals surface area contributed by atoms with E-state index in [9.17, 15) is 35.9 Å². The number of methoxy groups -OCH3 is 1. The van der Waals surface area contributed by atoms with Gasteiger partial charge in [0.1, 0.15) is 12.2 Å². The summed E-state index contributed by atoms with van der Waals surface area (Å²) in [6.07, 6.45) is -7.81. The first kappa shape index (κ1) is 29.5. The van der Waals surface area contributed by atoms with Gasteiger partial charge >= 0.3 is 12.4 Å². The quantitative estimate of drug-likeness (QED) is 0.445. The number of aromatic nitrogens is 4. The van der Waals surface area contributed by atoms with Crippen molar-refractivity contribution in [2.45, 2.75) is 49.9 Å². The molecule has 0 spiro atoms. The van der Waals surface area contributed by atoms with Gasteiger partial charge < -0.3 is 24.0 Å². The van der Waals surface area contributed by atoms with Crippen LogP contribution in [0.5, 0.6) is 5.75 Å². The molecule has 2 aromatic heterocycles. The predicted octanol–water partition coefficient (Wildman–Crippen LogP) is 2.28. The maximum atomic E-state index is 13.3. The summed E-state index contributed by atoms with van der Waals surface area (Å²) in [5.41, 5.74) is -3.94. The summed E-state index contributed by atoms with van der Waals surface area (Å²) in [7, 11) is 1.31. The van der Waals surface area contributed by atoms with Crippen LogP contribution in [0.4, 0.5) is 32.3 Å². The van der Waals surface area contributed by atoms with E-state index in [1.807, 2.05) is 0 Å². The first-order valence-corrected chi connectivity index (χ1v) is 12.2. The van der Waals surface area contributed by atoms with E-state index in [0.29, 0.717) is 38.9 Å². The smallest absolute Gasteiger partial charge is 0.425 e. The number of nitrogens with one attached hydrogen (secondary N) is 1. The molecule has 4 rings (SSSR count). The molecule has 0 aliphatic carbocycles. The van der Waals surface area contributed by atoms with Gasteiger partial charge in [0.15, 0.2) is 11.3 Å². The minimum atomic E-state index is -4.99. The number of hydrogen-bond donors (Lipinski definition) is 1. The van der Waals surface area contributed by atoms with Crippen LogP contribution in [-0.4, -0.2) is 89.2 Å². The normalized spacial score (nSPS) is 19.8. The molecule has 2 aliphatic heterocycles. The lowest BCUT2D eigenvalue weighted by Crippen LogP contribution is -2.47. The van der Waals surface area contributed by atoms with Gasteiger partial charge in [-0.25, -0.2) is 15.1 Å². The number of aromatic amines is 1. The molecule has 2 aliphatic rings. The number of alkyl halides is 6. The Morgan fingerprint density at radius 2 is 1.65 bits per heavy atom. The molecule has 2 saturated heterocycles. The highest BCUT2D eigenvalue weighted by Gasteiger charge is 2.40. The molecule has 40 heavy (non-hydrogen) atoms. The molecule has 1 amide bonds. The van der Waals surface area contributed by atoms with Crippen molar-refractivity contribution in [3.05, 3.63) is 40.1 Å². The Hall–Kier alpha value is -3.47. The average molecular weight is 580 g/mol. The van der Waals surface area contributed by atoms with Crippen LogP contribution < -0.4 is 15.2 Å². The van der Waals surface area contributed by atoms with Crippen LogP contribution in [0.3, 0.4) is 0 Å². The minimum absolute atomic E-state index is 0.130. The molecule has 0 bridgehead atoms. The van der Waals surface area contributed by atoms with Crippen molar-refractivity contribution in [3.63, 3.8) is 0 Å². The summed E-state index contributed by atoms with van der Waals surface area (Å²) in [6.45, 7) is 0.795. The van der Waals surface area contributed by atoms with E-state index in [2.05, 4.69) is 15.1 Å². The van der Waals surface area contributed by atoms with E-state index < -0.39 is 47.0 Å². The van der Waals surface area contributed by atoms with E-state index in [-0.39, 0.29) is 31.1 Å². The van der Waals surface area contributed by atoms with E-state index >= 15 is 0 Å². The summed E-state index contributed by atoms with van der Waals surface area (Å²) in [5.74, 6) is -0.895. The van der Waals surface area contributed by atoms with Crippen molar-refractivity contribution in [2.75, 3.05) is 44.9 Å². The Morgan fingerprint density at radius 1 is 0.975 bits per heavy atom. The highest BCUT2D eigenvalue weighted by Crippen LogP contribution is 2.33. The van der Waals surface area contributed by atoms with Crippen molar-refractivity contribution in [2.24, 2.45) is 0 Å². The molecule has 220 valence electrons. The van der Waals surface area contributed by atoms with Crippen molar-refractivity contribution in [1.82, 2.24) is 25.1 Å². The number of rotatable bonds is 9. The highest BCUT2D eigenvalue weighted by atomic mass is 19.4. The number of piperidine rings is 1. The van der Waals surface area contributed by atoms with E-state index in [1.54, 1.807) is 14.9 Å². The zero-order chi connectivity index (χ0) is 29.1. The zero-order valence-electron chi connectivity index (χ0n) is 21.2. The maximum absolute atomic E-state index is 13.3. The van der Waals surface area contributed by atoms with Crippen molar-refractivity contribution in [3.8, 4) is 5.75 Å². The fourth-order valence-corrected chi connectivity index (χ4v) is 4.65. The Kier molecular flexibility index (Phi) is 8.82. The Balaban J connectivity index is 1.31. The minimum Gasteiger partial charge on any atom is -0.483 e. The molecule has 2 unspecified atom stereocenters. The predicted molar refractivity (Wildman–Crippen MR) is 124 cm³/mol. The summed E-state index contributed by atoms with van der Waals surface area (Å²) in [4.78, 5) is 35.8. The second-order valence-corrected chi connectivity index (χ2v) is 9.26. The lowest BCUT2D eigenvalue weighted by molar-refractivity contribution is -0.143. The van der Waals surface area contributed by atoms with Gasteiger partial charge in [-0.3, -0.25) is 9.59 Å². The molecule has 2 fully saturated rings. The van der Waals surface area contributed by atoms with Gasteiger partial charge in [0.2, 0.25) is 5.95 Å². The third-order valence-corrected chi connectivity index (χ3v) is 6.58. The number of hydrogen-bond acceptors (Lipinski definition) is 9. The number of ether oxygens (including phenoxy) is 3. The highest BCUT2D eigenvalue weighted by molar-refractivity contribution is 5.83. The summed E-state index contributed by atoms with van der Waals surface area (Å²) >= 11 is 0. The standard InChI is InChI=1S/C23H26F6N6O5/c1-38-11-15(40-17-10-32-33-19(36)18(17)23(27,28)29)12-39-16-4-7-35(20(16)37)14-2-5-34(6-3-14)21-30-8-13(9-31-21)22(24,25)26/h8-10,14-16H,2-7,11-12H2,1H3,(H,33,36). The molecule has 11 nitrogen and oxygen atoms in total.